The van der Waals surface area contributed by atoms with Crippen LogP contribution in [0.5, 0.6) is 5.75 Å². The summed E-state index contributed by atoms with van der Waals surface area (Å²) in [5.74, 6) is 0.656. The third-order valence-electron chi connectivity index (χ3n) is 3.74. The van der Waals surface area contributed by atoms with Crippen LogP contribution in [0.25, 0.3) is 0 Å². The predicted octanol–water partition coefficient (Wildman–Crippen LogP) is 3.40. The number of hydrogen-bond donors (Lipinski definition) is 2. The van der Waals surface area contributed by atoms with E-state index in [1.807, 2.05) is 19.1 Å². The quantitative estimate of drug-likeness (QED) is 0.895. The second kappa shape index (κ2) is 6.84. The number of ether oxygens (including phenoxy) is 1. The lowest BCUT2D eigenvalue weighted by atomic mass is 10.1. The smallest absolute Gasteiger partial charge is 0.315 e. The average molecular weight is 297 g/mol. The molecular formula is C15H21ClN2O2. The third kappa shape index (κ3) is 3.79. The first kappa shape index (κ1) is 15.0. The number of methoxy groups -OCH3 is 1. The van der Waals surface area contributed by atoms with Gasteiger partial charge in [-0.25, -0.2) is 4.79 Å². The van der Waals surface area contributed by atoms with Crippen molar-refractivity contribution in [1.82, 2.24) is 10.6 Å². The van der Waals surface area contributed by atoms with Gasteiger partial charge in [-0.3, -0.25) is 0 Å². The molecule has 0 spiro atoms. The van der Waals surface area contributed by atoms with E-state index in [-0.39, 0.29) is 6.03 Å². The van der Waals surface area contributed by atoms with E-state index in [2.05, 4.69) is 10.6 Å². The fraction of sp³-hybridized carbons (Fsp3) is 0.533. The Hall–Kier alpha value is -1.42. The van der Waals surface area contributed by atoms with E-state index in [1.54, 1.807) is 7.11 Å². The van der Waals surface area contributed by atoms with Crippen LogP contribution in [0, 0.1) is 6.92 Å². The van der Waals surface area contributed by atoms with Gasteiger partial charge in [0.15, 0.2) is 0 Å². The molecule has 2 amide bonds. The first-order chi connectivity index (χ1) is 9.60. The summed E-state index contributed by atoms with van der Waals surface area (Å²) in [6, 6.07) is 3.94. The van der Waals surface area contributed by atoms with Crippen LogP contribution in [0.2, 0.25) is 5.02 Å². The Balaban J connectivity index is 1.89. The lowest BCUT2D eigenvalue weighted by molar-refractivity contribution is 0.236. The standard InChI is InChI=1S/C15H21ClN2O2/c1-10-7-14(20-2)13(16)8-11(10)9-17-15(19)18-12-5-3-4-6-12/h7-8,12H,3-6,9H2,1-2H3,(H2,17,18,19). The molecule has 4 nitrogen and oxygen atoms in total. The van der Waals surface area contributed by atoms with E-state index >= 15 is 0 Å². The number of nitrogens with one attached hydrogen (secondary N) is 2. The van der Waals surface area contributed by atoms with Gasteiger partial charge in [0, 0.05) is 12.6 Å². The highest BCUT2D eigenvalue weighted by Crippen LogP contribution is 2.27. The SMILES string of the molecule is COc1cc(C)c(CNC(=O)NC2CCCC2)cc1Cl. The van der Waals surface area contributed by atoms with Crippen LogP contribution in [0.4, 0.5) is 4.79 Å². The average Bonchev–Trinajstić information content (AvgIpc) is 2.92. The van der Waals surface area contributed by atoms with Crippen molar-refractivity contribution in [2.24, 2.45) is 0 Å². The highest BCUT2D eigenvalue weighted by atomic mass is 35.5. The molecule has 1 aromatic rings. The van der Waals surface area contributed by atoms with Gasteiger partial charge in [0.2, 0.25) is 0 Å². The van der Waals surface area contributed by atoms with Crippen LogP contribution in [0.3, 0.4) is 0 Å². The predicted molar refractivity (Wildman–Crippen MR) is 80.4 cm³/mol. The maximum atomic E-state index is 11.8. The minimum atomic E-state index is -0.108. The molecule has 0 atom stereocenters. The third-order valence-corrected chi connectivity index (χ3v) is 4.04. The Labute approximate surface area is 124 Å². The first-order valence-corrected chi connectivity index (χ1v) is 7.35. The Morgan fingerprint density at radius 3 is 2.75 bits per heavy atom. The zero-order chi connectivity index (χ0) is 14.5. The summed E-state index contributed by atoms with van der Waals surface area (Å²) in [4.78, 5) is 11.8. The lowest BCUT2D eigenvalue weighted by Crippen LogP contribution is -2.40. The van der Waals surface area contributed by atoms with Crippen LogP contribution >= 0.6 is 11.6 Å². The molecule has 2 N–H and O–H groups in total. The van der Waals surface area contributed by atoms with Crippen molar-refractivity contribution in [3.63, 3.8) is 0 Å². The van der Waals surface area contributed by atoms with Gasteiger partial charge >= 0.3 is 6.03 Å². The number of halogens is 1. The van der Waals surface area contributed by atoms with E-state index in [0.29, 0.717) is 23.4 Å². The van der Waals surface area contributed by atoms with E-state index in [9.17, 15) is 4.79 Å². The number of rotatable bonds is 4. The molecule has 1 saturated carbocycles. The maximum Gasteiger partial charge on any atom is 0.315 e. The molecule has 1 aromatic carbocycles. The molecule has 0 aromatic heterocycles. The monoisotopic (exact) mass is 296 g/mol. The summed E-state index contributed by atoms with van der Waals surface area (Å²) in [5.41, 5.74) is 2.05. The van der Waals surface area contributed by atoms with Gasteiger partial charge in [0.1, 0.15) is 5.75 Å². The summed E-state index contributed by atoms with van der Waals surface area (Å²) < 4.78 is 5.16. The van der Waals surface area contributed by atoms with Gasteiger partial charge in [0.05, 0.1) is 12.1 Å². The van der Waals surface area contributed by atoms with Gasteiger partial charge in [-0.1, -0.05) is 24.4 Å². The Morgan fingerprint density at radius 2 is 2.10 bits per heavy atom. The largest absolute Gasteiger partial charge is 0.495 e. The van der Waals surface area contributed by atoms with E-state index in [0.717, 1.165) is 24.0 Å². The summed E-state index contributed by atoms with van der Waals surface area (Å²) in [7, 11) is 1.59. The number of aryl methyl sites for hydroxylation is 1. The summed E-state index contributed by atoms with van der Waals surface area (Å²) in [6.45, 7) is 2.44. The van der Waals surface area contributed by atoms with E-state index < -0.39 is 0 Å². The molecule has 1 fully saturated rings. The zero-order valence-electron chi connectivity index (χ0n) is 12.0. The molecule has 0 heterocycles. The Morgan fingerprint density at radius 1 is 1.40 bits per heavy atom. The molecule has 0 unspecified atom stereocenters. The molecule has 0 saturated heterocycles. The first-order valence-electron chi connectivity index (χ1n) is 6.97. The molecule has 1 aliphatic rings. The normalized spacial score (nSPS) is 15.2. The van der Waals surface area contributed by atoms with Crippen LogP contribution < -0.4 is 15.4 Å². The number of benzene rings is 1. The molecule has 2 rings (SSSR count). The van der Waals surface area contributed by atoms with Crippen molar-refractivity contribution in [1.29, 1.82) is 0 Å². The minimum absolute atomic E-state index is 0.108. The van der Waals surface area contributed by atoms with Crippen molar-refractivity contribution in [2.45, 2.75) is 45.2 Å². The highest BCUT2D eigenvalue weighted by Gasteiger charge is 2.17. The van der Waals surface area contributed by atoms with Crippen molar-refractivity contribution in [2.75, 3.05) is 7.11 Å². The fourth-order valence-corrected chi connectivity index (χ4v) is 2.79. The van der Waals surface area contributed by atoms with Gasteiger partial charge < -0.3 is 15.4 Å². The van der Waals surface area contributed by atoms with Crippen LogP contribution in [-0.4, -0.2) is 19.2 Å². The second-order valence-corrected chi connectivity index (χ2v) is 5.63. The molecule has 0 radical (unpaired) electrons. The highest BCUT2D eigenvalue weighted by molar-refractivity contribution is 6.32. The molecular weight excluding hydrogens is 276 g/mol. The van der Waals surface area contributed by atoms with Crippen LogP contribution in [0.15, 0.2) is 12.1 Å². The molecule has 1 aliphatic carbocycles. The second-order valence-electron chi connectivity index (χ2n) is 5.22. The lowest BCUT2D eigenvalue weighted by Gasteiger charge is -2.14. The van der Waals surface area contributed by atoms with Crippen molar-refractivity contribution >= 4 is 17.6 Å². The van der Waals surface area contributed by atoms with Crippen molar-refractivity contribution < 1.29 is 9.53 Å². The summed E-state index contributed by atoms with van der Waals surface area (Å²) >= 11 is 6.10. The summed E-state index contributed by atoms with van der Waals surface area (Å²) in [5, 5.41) is 6.44. The number of carbonyl (C=O) groups excluding carboxylic acids is 1. The maximum absolute atomic E-state index is 11.8. The molecule has 0 bridgehead atoms. The number of urea groups is 1. The zero-order valence-corrected chi connectivity index (χ0v) is 12.7. The summed E-state index contributed by atoms with van der Waals surface area (Å²) in [6.07, 6.45) is 4.58. The van der Waals surface area contributed by atoms with Gasteiger partial charge in [-0.15, -0.1) is 0 Å². The fourth-order valence-electron chi connectivity index (χ4n) is 2.53. The Bertz CT molecular complexity index is 485. The molecule has 5 heteroatoms. The van der Waals surface area contributed by atoms with Crippen LogP contribution in [-0.2, 0) is 6.54 Å². The number of amides is 2. The topological polar surface area (TPSA) is 50.4 Å². The Kier molecular flexibility index (Phi) is 5.12. The van der Waals surface area contributed by atoms with Gasteiger partial charge in [0.25, 0.3) is 0 Å². The van der Waals surface area contributed by atoms with Gasteiger partial charge in [-0.05, 0) is 43.0 Å². The van der Waals surface area contributed by atoms with Crippen LogP contribution in [0.1, 0.15) is 36.8 Å². The molecule has 20 heavy (non-hydrogen) atoms. The van der Waals surface area contributed by atoms with E-state index in [1.165, 1.54) is 12.8 Å². The number of hydrogen-bond acceptors (Lipinski definition) is 2. The molecule has 0 aliphatic heterocycles. The molecule has 110 valence electrons. The number of carbonyl (C=O) groups is 1. The van der Waals surface area contributed by atoms with E-state index in [4.69, 9.17) is 16.3 Å². The van der Waals surface area contributed by atoms with Gasteiger partial charge in [-0.2, -0.15) is 0 Å². The van der Waals surface area contributed by atoms with Crippen molar-refractivity contribution in [3.8, 4) is 5.75 Å². The van der Waals surface area contributed by atoms with Crippen molar-refractivity contribution in [3.05, 3.63) is 28.3 Å². The minimum Gasteiger partial charge on any atom is -0.495 e.